The van der Waals surface area contributed by atoms with E-state index in [0.29, 0.717) is 42.1 Å². The molecule has 1 aliphatic heterocycles. The van der Waals surface area contributed by atoms with Crippen molar-refractivity contribution in [2.24, 2.45) is 0 Å². The maximum Gasteiger partial charge on any atom is 0.239 e. The van der Waals surface area contributed by atoms with Crippen LogP contribution >= 0.6 is 11.6 Å². The molecule has 2 aromatic heterocycles. The molecule has 202 valence electrons. The molecule has 9 nitrogen and oxygen atoms in total. The molecule has 1 unspecified atom stereocenters. The SMILES string of the molecule is CN(CCOc1cccc2ncnc(Nc3ccc(OCc4ccccn4)c(Cl)c3)c12)C(=O)C1CCCN1C. The van der Waals surface area contributed by atoms with Crippen molar-refractivity contribution in [2.75, 3.05) is 39.1 Å². The average molecular weight is 547 g/mol. The number of carbonyl (C=O) groups excluding carboxylic acids is 1. The van der Waals surface area contributed by atoms with Crippen molar-refractivity contribution in [1.82, 2.24) is 24.8 Å². The molecule has 5 rings (SSSR count). The highest BCUT2D eigenvalue weighted by Crippen LogP contribution is 2.34. The Morgan fingerprint density at radius 1 is 1.10 bits per heavy atom. The lowest BCUT2D eigenvalue weighted by molar-refractivity contribution is -0.134. The van der Waals surface area contributed by atoms with E-state index in [1.54, 1.807) is 17.2 Å². The van der Waals surface area contributed by atoms with Gasteiger partial charge in [0.2, 0.25) is 5.91 Å². The second-order valence-corrected chi connectivity index (χ2v) is 9.91. The fourth-order valence-corrected chi connectivity index (χ4v) is 4.88. The zero-order valence-electron chi connectivity index (χ0n) is 22.0. The number of likely N-dealkylation sites (N-methyl/N-ethyl adjacent to an activating group) is 2. The molecule has 0 bridgehead atoms. The van der Waals surface area contributed by atoms with Crippen LogP contribution in [0.3, 0.4) is 0 Å². The number of benzene rings is 2. The molecule has 1 saturated heterocycles. The van der Waals surface area contributed by atoms with Crippen molar-refractivity contribution in [3.63, 3.8) is 0 Å². The number of nitrogens with zero attached hydrogens (tertiary/aromatic N) is 5. The summed E-state index contributed by atoms with van der Waals surface area (Å²) in [6.07, 6.45) is 5.18. The average Bonchev–Trinajstić information content (AvgIpc) is 3.38. The van der Waals surface area contributed by atoms with E-state index in [1.807, 2.05) is 62.6 Å². The van der Waals surface area contributed by atoms with E-state index in [9.17, 15) is 4.79 Å². The predicted octanol–water partition coefficient (Wildman–Crippen LogP) is 4.93. The Morgan fingerprint density at radius 3 is 2.77 bits per heavy atom. The first-order valence-corrected chi connectivity index (χ1v) is 13.3. The minimum absolute atomic E-state index is 0.0459. The van der Waals surface area contributed by atoms with Gasteiger partial charge in [-0.2, -0.15) is 0 Å². The van der Waals surface area contributed by atoms with Crippen molar-refractivity contribution in [3.05, 3.63) is 77.8 Å². The first kappa shape index (κ1) is 26.6. The van der Waals surface area contributed by atoms with Crippen LogP contribution in [0.1, 0.15) is 18.5 Å². The molecule has 1 N–H and O–H groups in total. The van der Waals surface area contributed by atoms with Gasteiger partial charge in [-0.1, -0.05) is 23.7 Å². The van der Waals surface area contributed by atoms with Gasteiger partial charge in [-0.05, 0) is 68.9 Å². The lowest BCUT2D eigenvalue weighted by Gasteiger charge is -2.25. The van der Waals surface area contributed by atoms with Crippen LogP contribution in [0.4, 0.5) is 11.5 Å². The predicted molar refractivity (Wildman–Crippen MR) is 152 cm³/mol. The Hall–Kier alpha value is -3.95. The standard InChI is InChI=1S/C29H31ClN6O3/c1-35-14-6-9-24(35)29(37)36(2)15-16-38-26-10-5-8-23-27(26)28(33-19-32-23)34-20-11-12-25(22(30)17-20)39-18-21-7-3-4-13-31-21/h3-5,7-8,10-13,17,19,24H,6,9,14-16,18H2,1-2H3,(H,32,33,34). The quantitative estimate of drug-likeness (QED) is 0.299. The van der Waals surface area contributed by atoms with Crippen LogP contribution in [0.5, 0.6) is 11.5 Å². The Morgan fingerprint density at radius 2 is 2.00 bits per heavy atom. The van der Waals surface area contributed by atoms with Gasteiger partial charge in [0, 0.05) is 18.9 Å². The van der Waals surface area contributed by atoms with E-state index in [0.717, 1.165) is 41.7 Å². The Labute approximate surface area is 232 Å². The lowest BCUT2D eigenvalue weighted by Crippen LogP contribution is -2.43. The summed E-state index contributed by atoms with van der Waals surface area (Å²) in [5, 5.41) is 4.55. The van der Waals surface area contributed by atoms with Gasteiger partial charge in [0.1, 0.15) is 36.9 Å². The van der Waals surface area contributed by atoms with Crippen molar-refractivity contribution in [1.29, 1.82) is 0 Å². The van der Waals surface area contributed by atoms with Crippen molar-refractivity contribution >= 4 is 39.9 Å². The summed E-state index contributed by atoms with van der Waals surface area (Å²) in [4.78, 5) is 29.8. The second-order valence-electron chi connectivity index (χ2n) is 9.50. The smallest absolute Gasteiger partial charge is 0.239 e. The van der Waals surface area contributed by atoms with E-state index < -0.39 is 0 Å². The minimum atomic E-state index is -0.0459. The van der Waals surface area contributed by atoms with Gasteiger partial charge in [0.05, 0.1) is 34.2 Å². The van der Waals surface area contributed by atoms with Gasteiger partial charge in [0.25, 0.3) is 0 Å². The summed E-state index contributed by atoms with van der Waals surface area (Å²) in [6, 6.07) is 16.8. The summed E-state index contributed by atoms with van der Waals surface area (Å²) >= 11 is 6.51. The number of halogens is 1. The van der Waals surface area contributed by atoms with Crippen LogP contribution in [0, 0.1) is 0 Å². The number of fused-ring (bicyclic) bond motifs is 1. The molecule has 0 aliphatic carbocycles. The van der Waals surface area contributed by atoms with Gasteiger partial charge >= 0.3 is 0 Å². The monoisotopic (exact) mass is 546 g/mol. The molecule has 4 aromatic rings. The van der Waals surface area contributed by atoms with E-state index in [-0.39, 0.29) is 11.9 Å². The number of pyridine rings is 1. The van der Waals surface area contributed by atoms with Crippen LogP contribution in [0.15, 0.2) is 67.1 Å². The highest BCUT2D eigenvalue weighted by atomic mass is 35.5. The van der Waals surface area contributed by atoms with Crippen LogP contribution in [-0.4, -0.2) is 70.5 Å². The molecule has 0 spiro atoms. The third-order valence-electron chi connectivity index (χ3n) is 6.79. The Kier molecular flexibility index (Phi) is 8.39. The number of anilines is 2. The van der Waals surface area contributed by atoms with Gasteiger partial charge in [-0.15, -0.1) is 0 Å². The molecule has 1 amide bonds. The Bertz CT molecular complexity index is 1430. The molecule has 10 heteroatoms. The summed E-state index contributed by atoms with van der Waals surface area (Å²) < 4.78 is 12.0. The third kappa shape index (κ3) is 6.38. The van der Waals surface area contributed by atoms with Crippen LogP contribution in [0.25, 0.3) is 10.9 Å². The number of amides is 1. The van der Waals surface area contributed by atoms with Crippen LogP contribution in [-0.2, 0) is 11.4 Å². The van der Waals surface area contributed by atoms with E-state index >= 15 is 0 Å². The summed E-state index contributed by atoms with van der Waals surface area (Å²) in [7, 11) is 3.82. The topological polar surface area (TPSA) is 92.7 Å². The molecule has 39 heavy (non-hydrogen) atoms. The number of aromatic nitrogens is 3. The van der Waals surface area contributed by atoms with E-state index in [4.69, 9.17) is 21.1 Å². The molecule has 3 heterocycles. The molecule has 1 aliphatic rings. The molecular weight excluding hydrogens is 516 g/mol. The summed E-state index contributed by atoms with van der Waals surface area (Å²) in [6.45, 7) is 2.10. The summed E-state index contributed by atoms with van der Waals surface area (Å²) in [5.74, 6) is 1.92. The van der Waals surface area contributed by atoms with E-state index in [1.165, 1.54) is 6.33 Å². The highest BCUT2D eigenvalue weighted by molar-refractivity contribution is 6.32. The molecule has 0 saturated carbocycles. The number of likely N-dealkylation sites (tertiary alicyclic amines) is 1. The first-order valence-electron chi connectivity index (χ1n) is 12.9. The van der Waals surface area contributed by atoms with Crippen molar-refractivity contribution in [3.8, 4) is 11.5 Å². The maximum absolute atomic E-state index is 12.8. The van der Waals surface area contributed by atoms with E-state index in [2.05, 4.69) is 25.2 Å². The third-order valence-corrected chi connectivity index (χ3v) is 7.08. The molecule has 0 radical (unpaired) electrons. The number of ether oxygens (including phenoxy) is 2. The zero-order chi connectivity index (χ0) is 27.2. The molecule has 1 atom stereocenters. The number of carbonyl (C=O) groups is 1. The zero-order valence-corrected chi connectivity index (χ0v) is 22.8. The first-order chi connectivity index (χ1) is 19.0. The van der Waals surface area contributed by atoms with Crippen molar-refractivity contribution < 1.29 is 14.3 Å². The van der Waals surface area contributed by atoms with Crippen LogP contribution in [0.2, 0.25) is 5.02 Å². The number of rotatable bonds is 10. The fraction of sp³-hybridized carbons (Fsp3) is 0.310. The van der Waals surface area contributed by atoms with Gasteiger partial charge < -0.3 is 19.7 Å². The Balaban J connectivity index is 1.26. The minimum Gasteiger partial charge on any atom is -0.491 e. The van der Waals surface area contributed by atoms with Gasteiger partial charge in [0.15, 0.2) is 0 Å². The normalized spacial score (nSPS) is 15.3. The molecule has 2 aromatic carbocycles. The largest absolute Gasteiger partial charge is 0.491 e. The highest BCUT2D eigenvalue weighted by Gasteiger charge is 2.29. The summed E-state index contributed by atoms with van der Waals surface area (Å²) in [5.41, 5.74) is 2.30. The maximum atomic E-state index is 12.8. The van der Waals surface area contributed by atoms with Crippen molar-refractivity contribution in [2.45, 2.75) is 25.5 Å². The molecule has 1 fully saturated rings. The van der Waals surface area contributed by atoms with Gasteiger partial charge in [-0.25, -0.2) is 9.97 Å². The lowest BCUT2D eigenvalue weighted by atomic mass is 10.2. The number of nitrogens with one attached hydrogen (secondary N) is 1. The van der Waals surface area contributed by atoms with Crippen LogP contribution < -0.4 is 14.8 Å². The molecular formula is C29H31ClN6O3. The fourth-order valence-electron chi connectivity index (χ4n) is 4.64. The number of hydrogen-bond acceptors (Lipinski definition) is 8. The van der Waals surface area contributed by atoms with Gasteiger partial charge in [-0.3, -0.25) is 14.7 Å². The second kappa shape index (κ2) is 12.3. The number of hydrogen-bond donors (Lipinski definition) is 1.